The van der Waals surface area contributed by atoms with Crippen LogP contribution in [0.4, 0.5) is 4.39 Å². The summed E-state index contributed by atoms with van der Waals surface area (Å²) in [5.74, 6) is 0.0556. The van der Waals surface area contributed by atoms with Gasteiger partial charge in [-0.15, -0.1) is 5.10 Å². The van der Waals surface area contributed by atoms with Gasteiger partial charge >= 0.3 is 5.69 Å². The highest BCUT2D eigenvalue weighted by Gasteiger charge is 2.13. The number of benzene rings is 1. The van der Waals surface area contributed by atoms with Crippen molar-refractivity contribution in [2.75, 3.05) is 0 Å². The quantitative estimate of drug-likeness (QED) is 0.636. The van der Waals surface area contributed by atoms with Gasteiger partial charge in [-0.3, -0.25) is 0 Å². The van der Waals surface area contributed by atoms with Crippen molar-refractivity contribution in [1.82, 2.24) is 19.6 Å². The third-order valence-electron chi connectivity index (χ3n) is 2.71. The van der Waals surface area contributed by atoms with E-state index in [0.717, 1.165) is 4.52 Å². The Hall–Kier alpha value is -2.24. The molecular weight excluding hydrogens is 223 g/mol. The molecule has 1 aromatic carbocycles. The Morgan fingerprint density at radius 1 is 1.35 bits per heavy atom. The van der Waals surface area contributed by atoms with E-state index in [1.54, 1.807) is 26.0 Å². The zero-order chi connectivity index (χ0) is 12.2. The number of nitrogens with zero attached hydrogens (tertiary/aromatic N) is 3. The molecule has 0 aliphatic heterocycles. The summed E-state index contributed by atoms with van der Waals surface area (Å²) in [6.45, 7) is 3.32. The lowest BCUT2D eigenvalue weighted by atomic mass is 10.1. The van der Waals surface area contributed by atoms with Gasteiger partial charge in [-0.25, -0.2) is 14.2 Å². The molecule has 1 N–H and O–H groups in total. The molecular formula is C11H9FN4O. The van der Waals surface area contributed by atoms with Crippen LogP contribution in [0.1, 0.15) is 11.4 Å². The molecule has 0 amide bonds. The van der Waals surface area contributed by atoms with Gasteiger partial charge in [0.1, 0.15) is 11.6 Å². The minimum absolute atomic E-state index is 0.252. The first-order valence-electron chi connectivity index (χ1n) is 5.12. The Bertz CT molecular complexity index is 802. The predicted octanol–water partition coefficient (Wildman–Crippen LogP) is 1.33. The number of hydrogen-bond acceptors (Lipinski definition) is 3. The van der Waals surface area contributed by atoms with Crippen molar-refractivity contribution >= 4 is 16.6 Å². The van der Waals surface area contributed by atoms with Crippen molar-refractivity contribution in [3.05, 3.63) is 39.8 Å². The molecule has 2 aromatic heterocycles. The molecule has 0 aliphatic rings. The summed E-state index contributed by atoms with van der Waals surface area (Å²) in [7, 11) is 0. The van der Waals surface area contributed by atoms with Gasteiger partial charge in [-0.1, -0.05) is 6.07 Å². The van der Waals surface area contributed by atoms with Gasteiger partial charge in [0, 0.05) is 0 Å². The van der Waals surface area contributed by atoms with Crippen molar-refractivity contribution in [2.45, 2.75) is 13.8 Å². The maximum Gasteiger partial charge on any atom is 0.348 e. The predicted molar refractivity (Wildman–Crippen MR) is 60.5 cm³/mol. The molecule has 0 atom stereocenters. The first kappa shape index (κ1) is 9.95. The lowest BCUT2D eigenvalue weighted by Gasteiger charge is -2.02. The van der Waals surface area contributed by atoms with E-state index in [2.05, 4.69) is 15.1 Å². The van der Waals surface area contributed by atoms with Crippen LogP contribution in [0.25, 0.3) is 16.6 Å². The molecule has 0 bridgehead atoms. The molecule has 5 nitrogen and oxygen atoms in total. The summed E-state index contributed by atoms with van der Waals surface area (Å²) in [5.41, 5.74) is 0.768. The van der Waals surface area contributed by atoms with Gasteiger partial charge in [0.25, 0.3) is 0 Å². The number of H-pyrrole nitrogens is 1. The first-order chi connectivity index (χ1) is 8.08. The van der Waals surface area contributed by atoms with Crippen LogP contribution in [0.5, 0.6) is 0 Å². The van der Waals surface area contributed by atoms with Crippen LogP contribution < -0.4 is 5.69 Å². The molecule has 2 heterocycles. The van der Waals surface area contributed by atoms with Crippen LogP contribution in [-0.4, -0.2) is 19.6 Å². The fourth-order valence-corrected chi connectivity index (χ4v) is 1.89. The molecule has 0 unspecified atom stereocenters. The lowest BCUT2D eigenvalue weighted by Crippen LogP contribution is -2.18. The molecule has 0 saturated carbocycles. The Balaban J connectivity index is 2.70. The monoisotopic (exact) mass is 232 g/mol. The second-order valence-corrected chi connectivity index (χ2v) is 3.94. The zero-order valence-corrected chi connectivity index (χ0v) is 9.28. The normalized spacial score (nSPS) is 11.5. The van der Waals surface area contributed by atoms with Crippen molar-refractivity contribution < 1.29 is 4.39 Å². The number of aromatic amines is 1. The Labute approximate surface area is 94.9 Å². The van der Waals surface area contributed by atoms with Gasteiger partial charge in [-0.05, 0) is 25.5 Å². The van der Waals surface area contributed by atoms with E-state index in [-0.39, 0.29) is 11.5 Å². The van der Waals surface area contributed by atoms with Crippen molar-refractivity contribution in [2.24, 2.45) is 0 Å². The Morgan fingerprint density at radius 3 is 2.88 bits per heavy atom. The number of aryl methyl sites for hydroxylation is 2. The largest absolute Gasteiger partial charge is 0.348 e. The van der Waals surface area contributed by atoms with Crippen molar-refractivity contribution in [3.63, 3.8) is 0 Å². The maximum atomic E-state index is 14.1. The number of halogens is 1. The van der Waals surface area contributed by atoms with Gasteiger partial charge in [0.15, 0.2) is 5.65 Å². The molecule has 3 aromatic rings. The number of fused-ring (bicyclic) bond motifs is 3. The molecule has 6 heteroatoms. The van der Waals surface area contributed by atoms with E-state index in [0.29, 0.717) is 22.3 Å². The van der Waals surface area contributed by atoms with Crippen LogP contribution in [0.3, 0.4) is 0 Å². The summed E-state index contributed by atoms with van der Waals surface area (Å²) >= 11 is 0. The minimum atomic E-state index is -0.420. The van der Waals surface area contributed by atoms with Crippen molar-refractivity contribution in [1.29, 1.82) is 0 Å². The van der Waals surface area contributed by atoms with Gasteiger partial charge in [0.05, 0.1) is 10.9 Å². The lowest BCUT2D eigenvalue weighted by molar-refractivity contribution is 0.630. The first-order valence-corrected chi connectivity index (χ1v) is 5.12. The van der Waals surface area contributed by atoms with E-state index < -0.39 is 5.69 Å². The summed E-state index contributed by atoms with van der Waals surface area (Å²) in [5, 5.41) is 4.23. The molecule has 0 spiro atoms. The van der Waals surface area contributed by atoms with E-state index >= 15 is 0 Å². The SMILES string of the molecule is Cc1nc2c3c(F)c(C)ccc3[nH]c(=O)n2n1. The average Bonchev–Trinajstić information content (AvgIpc) is 2.66. The van der Waals surface area contributed by atoms with Crippen LogP contribution in [0.15, 0.2) is 16.9 Å². The topological polar surface area (TPSA) is 63.0 Å². The van der Waals surface area contributed by atoms with Crippen molar-refractivity contribution in [3.8, 4) is 0 Å². The third kappa shape index (κ3) is 1.27. The molecule has 0 radical (unpaired) electrons. The summed E-state index contributed by atoms with van der Waals surface area (Å²) in [6.07, 6.45) is 0. The highest BCUT2D eigenvalue weighted by atomic mass is 19.1. The summed E-state index contributed by atoms with van der Waals surface area (Å²) in [6, 6.07) is 3.28. The molecule has 86 valence electrons. The second-order valence-electron chi connectivity index (χ2n) is 3.94. The minimum Gasteiger partial charge on any atom is -0.305 e. The van der Waals surface area contributed by atoms with E-state index in [1.807, 2.05) is 0 Å². The maximum absolute atomic E-state index is 14.1. The molecule has 0 aliphatic carbocycles. The van der Waals surface area contributed by atoms with Crippen LogP contribution in [0, 0.1) is 19.7 Å². The second kappa shape index (κ2) is 3.13. The Morgan fingerprint density at radius 2 is 2.12 bits per heavy atom. The fourth-order valence-electron chi connectivity index (χ4n) is 1.89. The molecule has 3 rings (SSSR count). The standard InChI is InChI=1S/C11H9FN4O/c1-5-3-4-7-8(9(5)12)10-13-6(2)15-16(10)11(17)14-7/h3-4H,1-2H3,(H,14,17). The highest BCUT2D eigenvalue weighted by molar-refractivity contribution is 5.91. The molecule has 17 heavy (non-hydrogen) atoms. The van der Waals surface area contributed by atoms with Gasteiger partial charge in [-0.2, -0.15) is 4.52 Å². The zero-order valence-electron chi connectivity index (χ0n) is 9.28. The van der Waals surface area contributed by atoms with Crippen LogP contribution in [0.2, 0.25) is 0 Å². The third-order valence-corrected chi connectivity index (χ3v) is 2.71. The number of hydrogen-bond donors (Lipinski definition) is 1. The smallest absolute Gasteiger partial charge is 0.305 e. The number of aromatic nitrogens is 4. The van der Waals surface area contributed by atoms with E-state index in [1.165, 1.54) is 0 Å². The van der Waals surface area contributed by atoms with E-state index in [9.17, 15) is 9.18 Å². The van der Waals surface area contributed by atoms with Crippen LogP contribution >= 0.6 is 0 Å². The van der Waals surface area contributed by atoms with Crippen LogP contribution in [-0.2, 0) is 0 Å². The number of rotatable bonds is 0. The summed E-state index contributed by atoms with van der Waals surface area (Å²) in [4.78, 5) is 18.4. The van der Waals surface area contributed by atoms with Gasteiger partial charge in [0.2, 0.25) is 0 Å². The molecule has 0 fully saturated rings. The number of nitrogens with one attached hydrogen (secondary N) is 1. The van der Waals surface area contributed by atoms with E-state index in [4.69, 9.17) is 0 Å². The summed E-state index contributed by atoms with van der Waals surface area (Å²) < 4.78 is 15.1. The highest BCUT2D eigenvalue weighted by Crippen LogP contribution is 2.21. The van der Waals surface area contributed by atoms with Gasteiger partial charge < -0.3 is 4.98 Å². The average molecular weight is 232 g/mol. The molecule has 0 saturated heterocycles. The Kier molecular flexibility index (Phi) is 1.83. The fraction of sp³-hybridized carbons (Fsp3) is 0.182.